The van der Waals surface area contributed by atoms with Crippen LogP contribution in [-0.4, -0.2) is 32.6 Å². The van der Waals surface area contributed by atoms with Crippen LogP contribution in [0, 0.1) is 6.92 Å². The van der Waals surface area contributed by atoms with Crippen molar-refractivity contribution in [2.45, 2.75) is 58.3 Å². The number of Topliss-reactive ketones (excluding diaryl/α,β-unsaturated/α-hetero) is 1. The highest BCUT2D eigenvalue weighted by Gasteiger charge is 2.42. The summed E-state index contributed by atoms with van der Waals surface area (Å²) in [4.78, 5) is 26.8. The molecule has 7 heteroatoms. The zero-order valence-electron chi connectivity index (χ0n) is 21.0. The molecule has 2 atom stereocenters. The maximum Gasteiger partial charge on any atom is 0.336 e. The third-order valence-electron chi connectivity index (χ3n) is 6.70. The Balaban J connectivity index is 1.71. The molecule has 0 saturated heterocycles. The average Bonchev–Trinajstić information content (AvgIpc) is 3.28. The first-order valence-electron chi connectivity index (χ1n) is 12.1. The van der Waals surface area contributed by atoms with E-state index < -0.39 is 11.9 Å². The minimum Gasteiger partial charge on any atom is -0.493 e. The summed E-state index contributed by atoms with van der Waals surface area (Å²) in [5.74, 6) is 1.54. The molecule has 1 aromatic heterocycles. The maximum atomic E-state index is 13.6. The first kappa shape index (κ1) is 24.6. The molecule has 4 rings (SSSR count). The van der Waals surface area contributed by atoms with Crippen molar-refractivity contribution in [1.29, 1.82) is 0 Å². The van der Waals surface area contributed by atoms with Crippen LogP contribution in [0.15, 0.2) is 57.3 Å². The summed E-state index contributed by atoms with van der Waals surface area (Å²) >= 11 is 0. The summed E-state index contributed by atoms with van der Waals surface area (Å²) in [6, 6.07) is 9.46. The summed E-state index contributed by atoms with van der Waals surface area (Å²) in [7, 11) is 3.20. The molecule has 0 amide bonds. The van der Waals surface area contributed by atoms with Gasteiger partial charge in [-0.3, -0.25) is 4.79 Å². The zero-order valence-corrected chi connectivity index (χ0v) is 21.0. The Kier molecular flexibility index (Phi) is 7.34. The summed E-state index contributed by atoms with van der Waals surface area (Å²) in [6.45, 7) is 6.09. The molecule has 1 aliphatic carbocycles. The van der Waals surface area contributed by atoms with E-state index in [9.17, 15) is 9.59 Å². The molecular weight excluding hydrogens is 446 g/mol. The normalized spacial score (nSPS) is 19.9. The third kappa shape index (κ3) is 4.85. The summed E-state index contributed by atoms with van der Waals surface area (Å²) < 4.78 is 22.3. The van der Waals surface area contributed by atoms with Crippen molar-refractivity contribution < 1.29 is 28.2 Å². The van der Waals surface area contributed by atoms with Gasteiger partial charge in [0.2, 0.25) is 0 Å². The molecule has 2 aliphatic rings. The van der Waals surface area contributed by atoms with E-state index in [1.807, 2.05) is 51.1 Å². The fourth-order valence-electron chi connectivity index (χ4n) is 4.93. The van der Waals surface area contributed by atoms with Gasteiger partial charge in [0.15, 0.2) is 17.3 Å². The second-order valence-corrected chi connectivity index (χ2v) is 9.07. The van der Waals surface area contributed by atoms with Crippen LogP contribution in [0.5, 0.6) is 11.5 Å². The molecule has 186 valence electrons. The van der Waals surface area contributed by atoms with Gasteiger partial charge in [-0.25, -0.2) is 4.79 Å². The second kappa shape index (κ2) is 10.4. The lowest BCUT2D eigenvalue weighted by molar-refractivity contribution is -0.139. The lowest BCUT2D eigenvalue weighted by Crippen LogP contribution is -2.36. The van der Waals surface area contributed by atoms with E-state index in [0.717, 1.165) is 29.9 Å². The number of allylic oxidation sites excluding steroid dienone is 3. The van der Waals surface area contributed by atoms with Gasteiger partial charge in [-0.15, -0.1) is 0 Å². The molecule has 0 radical (unpaired) electrons. The van der Waals surface area contributed by atoms with Crippen molar-refractivity contribution in [2.75, 3.05) is 20.8 Å². The summed E-state index contributed by atoms with van der Waals surface area (Å²) in [5.41, 5.74) is 3.53. The van der Waals surface area contributed by atoms with Crippen LogP contribution in [0.25, 0.3) is 0 Å². The number of unbranched alkanes of at least 4 members (excludes halogenated alkanes) is 1. The highest BCUT2D eigenvalue weighted by molar-refractivity contribution is 6.04. The number of ketones is 1. The summed E-state index contributed by atoms with van der Waals surface area (Å²) in [5, 5.41) is 3.37. The molecule has 0 unspecified atom stereocenters. The first-order valence-corrected chi connectivity index (χ1v) is 12.1. The third-order valence-corrected chi connectivity index (χ3v) is 6.70. The first-order chi connectivity index (χ1) is 16.9. The molecule has 0 spiro atoms. The van der Waals surface area contributed by atoms with Gasteiger partial charge in [0, 0.05) is 23.4 Å². The summed E-state index contributed by atoms with van der Waals surface area (Å²) in [6.07, 6.45) is 2.66. The van der Waals surface area contributed by atoms with E-state index >= 15 is 0 Å². The number of methoxy groups -OCH3 is 2. The predicted molar refractivity (Wildman–Crippen MR) is 131 cm³/mol. The van der Waals surface area contributed by atoms with Gasteiger partial charge in [-0.05, 0) is 62.4 Å². The molecule has 0 bridgehead atoms. The van der Waals surface area contributed by atoms with Crippen molar-refractivity contribution in [2.24, 2.45) is 0 Å². The Bertz CT molecular complexity index is 1190. The van der Waals surface area contributed by atoms with Crippen LogP contribution in [-0.2, 0) is 14.3 Å². The van der Waals surface area contributed by atoms with Crippen LogP contribution >= 0.6 is 0 Å². The zero-order chi connectivity index (χ0) is 25.1. The fourth-order valence-corrected chi connectivity index (χ4v) is 4.93. The van der Waals surface area contributed by atoms with Gasteiger partial charge in [0.1, 0.15) is 11.5 Å². The number of dihydropyridines is 1. The van der Waals surface area contributed by atoms with Gasteiger partial charge in [0.05, 0.1) is 32.3 Å². The Morgan fingerprint density at radius 2 is 1.86 bits per heavy atom. The van der Waals surface area contributed by atoms with Gasteiger partial charge < -0.3 is 23.9 Å². The Morgan fingerprint density at radius 3 is 2.51 bits per heavy atom. The SMILES string of the molecule is CCCCOC(=O)C1=C(C)NC2=C(C(=O)C[C@@H](c3ccc(OC)c(OC)c3)C2)[C@H]1c1ccc(C)o1. The van der Waals surface area contributed by atoms with E-state index in [2.05, 4.69) is 5.32 Å². The van der Waals surface area contributed by atoms with Crippen molar-refractivity contribution in [1.82, 2.24) is 5.32 Å². The fraction of sp³-hybridized carbons (Fsp3) is 0.429. The van der Waals surface area contributed by atoms with Gasteiger partial charge in [-0.2, -0.15) is 0 Å². The molecule has 0 saturated carbocycles. The number of hydrogen-bond acceptors (Lipinski definition) is 7. The van der Waals surface area contributed by atoms with E-state index in [4.69, 9.17) is 18.6 Å². The number of nitrogens with one attached hydrogen (secondary N) is 1. The standard InChI is InChI=1S/C28H33NO6/c1-6-7-12-34-28(31)25-17(3)29-20-13-19(18-9-11-22(32-4)24(15-18)33-5)14-21(30)26(20)27(25)23-10-8-16(2)35-23/h8-11,15,19,27,29H,6-7,12-14H2,1-5H3/t19-,27-/m0/s1. The van der Waals surface area contributed by atoms with Crippen molar-refractivity contribution in [3.05, 3.63) is 70.0 Å². The average molecular weight is 480 g/mol. The smallest absolute Gasteiger partial charge is 0.336 e. The lowest BCUT2D eigenvalue weighted by atomic mass is 9.73. The number of hydrogen-bond donors (Lipinski definition) is 1. The number of carbonyl (C=O) groups is 2. The monoisotopic (exact) mass is 479 g/mol. The van der Waals surface area contributed by atoms with Crippen molar-refractivity contribution >= 4 is 11.8 Å². The Morgan fingerprint density at radius 1 is 1.09 bits per heavy atom. The highest BCUT2D eigenvalue weighted by atomic mass is 16.5. The van der Waals surface area contributed by atoms with Crippen LogP contribution in [0.1, 0.15) is 68.5 Å². The Labute approximate surface area is 206 Å². The maximum absolute atomic E-state index is 13.6. The van der Waals surface area contributed by atoms with Crippen LogP contribution in [0.2, 0.25) is 0 Å². The number of benzene rings is 1. The molecular formula is C28H33NO6. The topological polar surface area (TPSA) is 87.0 Å². The largest absolute Gasteiger partial charge is 0.493 e. The molecule has 1 N–H and O–H groups in total. The van der Waals surface area contributed by atoms with Gasteiger partial charge in [0.25, 0.3) is 0 Å². The number of aryl methyl sites for hydroxylation is 1. The van der Waals surface area contributed by atoms with Gasteiger partial charge in [-0.1, -0.05) is 19.4 Å². The molecule has 7 nitrogen and oxygen atoms in total. The van der Waals surface area contributed by atoms with E-state index in [1.54, 1.807) is 14.2 Å². The quantitative estimate of drug-likeness (QED) is 0.405. The molecule has 0 fully saturated rings. The molecule has 2 aromatic rings. The molecule has 35 heavy (non-hydrogen) atoms. The molecule has 1 aliphatic heterocycles. The number of carbonyl (C=O) groups excluding carboxylic acids is 2. The molecule has 1 aromatic carbocycles. The lowest BCUT2D eigenvalue weighted by Gasteiger charge is -2.35. The van der Waals surface area contributed by atoms with Crippen LogP contribution < -0.4 is 14.8 Å². The Hall–Kier alpha value is -3.48. The number of esters is 1. The number of ether oxygens (including phenoxy) is 3. The number of rotatable bonds is 8. The van der Waals surface area contributed by atoms with E-state index in [-0.39, 0.29) is 11.7 Å². The predicted octanol–water partition coefficient (Wildman–Crippen LogP) is 5.31. The van der Waals surface area contributed by atoms with E-state index in [0.29, 0.717) is 53.6 Å². The second-order valence-electron chi connectivity index (χ2n) is 9.07. The van der Waals surface area contributed by atoms with Crippen molar-refractivity contribution in [3.63, 3.8) is 0 Å². The highest BCUT2D eigenvalue weighted by Crippen LogP contribution is 2.46. The van der Waals surface area contributed by atoms with Crippen LogP contribution in [0.4, 0.5) is 0 Å². The number of furan rings is 1. The van der Waals surface area contributed by atoms with Crippen molar-refractivity contribution in [3.8, 4) is 11.5 Å². The van der Waals surface area contributed by atoms with E-state index in [1.165, 1.54) is 0 Å². The van der Waals surface area contributed by atoms with Gasteiger partial charge >= 0.3 is 5.97 Å². The molecule has 2 heterocycles. The minimum atomic E-state index is -0.590. The van der Waals surface area contributed by atoms with Crippen LogP contribution in [0.3, 0.4) is 0 Å². The minimum absolute atomic E-state index is 0.0102.